The number of hydrogen-bond donors (Lipinski definition) is 0. The molecule has 1 aliphatic carbocycles. The van der Waals surface area contributed by atoms with Crippen LogP contribution < -0.4 is 0 Å². The summed E-state index contributed by atoms with van der Waals surface area (Å²) in [5.41, 5.74) is 5.53. The molecule has 1 rings (SSSR count). The van der Waals surface area contributed by atoms with Gasteiger partial charge in [0.05, 0.1) is 0 Å². The normalized spacial score (nSPS) is 19.3. The predicted octanol–water partition coefficient (Wildman–Crippen LogP) is 4.81. The Morgan fingerprint density at radius 3 is 1.65 bits per heavy atom. The maximum absolute atomic E-state index is 3.66. The summed E-state index contributed by atoms with van der Waals surface area (Å²) in [5, 5.41) is 0. The maximum atomic E-state index is 3.66. The molecule has 1 unspecified atom stereocenters. The van der Waals surface area contributed by atoms with Crippen molar-refractivity contribution in [2.24, 2.45) is 5.41 Å². The first-order valence-electron chi connectivity index (χ1n) is 5.57. The fraction of sp³-hybridized carbons (Fsp3) is 0.692. The topological polar surface area (TPSA) is 0 Å². The van der Waals surface area contributed by atoms with Crippen molar-refractivity contribution < 1.29 is 26.2 Å². The monoisotopic (exact) mass is 369 g/mol. The van der Waals surface area contributed by atoms with Crippen LogP contribution >= 0.6 is 24.8 Å². The second-order valence-electron chi connectivity index (χ2n) is 5.80. The Kier molecular flexibility index (Phi) is 11.4. The van der Waals surface area contributed by atoms with Crippen LogP contribution in [0.15, 0.2) is 16.7 Å². The Morgan fingerprint density at radius 1 is 1.06 bits per heavy atom. The molecule has 100 valence electrons. The van der Waals surface area contributed by atoms with E-state index in [2.05, 4.69) is 53.8 Å². The molecule has 1 aliphatic rings. The molecule has 0 spiro atoms. The third-order valence-corrected chi connectivity index (χ3v) is 5.02. The average Bonchev–Trinajstić information content (AvgIpc) is 2.24. The third-order valence-electron chi connectivity index (χ3n) is 3.02. The minimum absolute atomic E-state index is 0. The van der Waals surface area contributed by atoms with E-state index in [1.165, 1.54) is 5.57 Å². The van der Waals surface area contributed by atoms with Crippen molar-refractivity contribution in [3.63, 3.8) is 0 Å². The van der Waals surface area contributed by atoms with E-state index in [1.54, 1.807) is 11.1 Å². The van der Waals surface area contributed by atoms with Crippen LogP contribution in [-0.4, -0.2) is 8.80 Å². The minimum atomic E-state index is -0.619. The number of allylic oxidation sites excluding steroid dienone is 4. The van der Waals surface area contributed by atoms with Crippen molar-refractivity contribution in [1.82, 2.24) is 0 Å². The van der Waals surface area contributed by atoms with Crippen molar-refractivity contribution in [3.05, 3.63) is 22.8 Å². The van der Waals surface area contributed by atoms with Gasteiger partial charge in [-0.25, -0.2) is 5.57 Å². The van der Waals surface area contributed by atoms with Gasteiger partial charge in [0, 0.05) is 35.0 Å². The summed E-state index contributed by atoms with van der Waals surface area (Å²) in [4.78, 5) is 0. The van der Waals surface area contributed by atoms with Crippen LogP contribution in [0.2, 0.25) is 18.6 Å². The smallest absolute Gasteiger partial charge is 0.0223 e. The van der Waals surface area contributed by atoms with Crippen LogP contribution in [-0.2, 0) is 26.2 Å². The molecule has 0 aromatic heterocycles. The molecule has 0 amide bonds. The molecule has 1 atom stereocenters. The first kappa shape index (κ1) is 23.3. The first-order valence-corrected chi connectivity index (χ1v) is 8.54. The van der Waals surface area contributed by atoms with Crippen molar-refractivity contribution in [2.45, 2.75) is 53.3 Å². The Morgan fingerprint density at radius 2 is 1.47 bits per heavy atom. The van der Waals surface area contributed by atoms with E-state index in [-0.39, 0.29) is 51.0 Å². The average molecular weight is 372 g/mol. The van der Waals surface area contributed by atoms with Gasteiger partial charge in [-0.1, -0.05) is 53.1 Å². The fourth-order valence-electron chi connectivity index (χ4n) is 2.69. The van der Waals surface area contributed by atoms with Gasteiger partial charge in [0.2, 0.25) is 0 Å². The summed E-state index contributed by atoms with van der Waals surface area (Å²) < 4.78 is 0. The van der Waals surface area contributed by atoms with Crippen molar-refractivity contribution in [2.75, 3.05) is 0 Å². The molecule has 0 nitrogen and oxygen atoms in total. The van der Waals surface area contributed by atoms with Crippen LogP contribution in [0.1, 0.15) is 34.6 Å². The molecule has 0 aliphatic heterocycles. The molecular weight excluding hydrogens is 346 g/mol. The van der Waals surface area contributed by atoms with E-state index >= 15 is 0 Å². The van der Waals surface area contributed by atoms with Gasteiger partial charge in [0.15, 0.2) is 0 Å². The Hall–Kier alpha value is 1.16. The number of hydrogen-bond acceptors (Lipinski definition) is 0. The third kappa shape index (κ3) is 5.35. The van der Waals surface area contributed by atoms with Crippen LogP contribution in [0.3, 0.4) is 0 Å². The Bertz CT molecular complexity index is 301. The van der Waals surface area contributed by atoms with Gasteiger partial charge in [0.1, 0.15) is 0 Å². The first-order chi connectivity index (χ1) is 6.25. The summed E-state index contributed by atoms with van der Waals surface area (Å²) in [7, 11) is -0.619. The SMILES string of the molecule is CC1=[C-]C([SiH](C)C)C(C)=C1C(C)(C)C.Cl.Cl.[Zr]. The molecule has 4 heteroatoms. The van der Waals surface area contributed by atoms with Crippen LogP contribution in [0, 0.1) is 11.5 Å². The molecule has 0 fully saturated rings. The van der Waals surface area contributed by atoms with E-state index in [9.17, 15) is 0 Å². The van der Waals surface area contributed by atoms with E-state index in [0.717, 1.165) is 0 Å². The van der Waals surface area contributed by atoms with Gasteiger partial charge in [-0.2, -0.15) is 11.1 Å². The summed E-state index contributed by atoms with van der Waals surface area (Å²) in [5.74, 6) is 0. The quantitative estimate of drug-likeness (QED) is 0.458. The van der Waals surface area contributed by atoms with Crippen LogP contribution in [0.5, 0.6) is 0 Å². The maximum Gasteiger partial charge on any atom is 0.0223 e. The van der Waals surface area contributed by atoms with Crippen LogP contribution in [0.4, 0.5) is 0 Å². The van der Waals surface area contributed by atoms with Crippen molar-refractivity contribution >= 4 is 33.6 Å². The molecule has 0 saturated heterocycles. The standard InChI is InChI=1S/C13H23Si.2ClH.Zr/c1-9-8-11(14(6)7)10(2)12(9)13(3,4)5;;;/h11,14H,1-7H3;2*1H;/q-1;;;. The number of halogens is 2. The molecular formula is C13H25Cl2SiZr-. The van der Waals surface area contributed by atoms with E-state index in [1.807, 2.05) is 0 Å². The fourth-order valence-corrected chi connectivity index (χ4v) is 4.44. The molecule has 0 bridgehead atoms. The van der Waals surface area contributed by atoms with E-state index in [0.29, 0.717) is 11.0 Å². The zero-order valence-electron chi connectivity index (χ0n) is 12.0. The minimum Gasteiger partial charge on any atom is -0.269 e. The summed E-state index contributed by atoms with van der Waals surface area (Å²) in [6, 6.07) is 0. The van der Waals surface area contributed by atoms with E-state index in [4.69, 9.17) is 0 Å². The number of rotatable bonds is 1. The zero-order valence-corrected chi connectivity index (χ0v) is 17.2. The molecule has 0 radical (unpaired) electrons. The van der Waals surface area contributed by atoms with Gasteiger partial charge >= 0.3 is 0 Å². The van der Waals surface area contributed by atoms with Gasteiger partial charge in [0.25, 0.3) is 0 Å². The van der Waals surface area contributed by atoms with Gasteiger partial charge in [-0.3, -0.25) is 6.08 Å². The van der Waals surface area contributed by atoms with Gasteiger partial charge in [-0.15, -0.1) is 30.4 Å². The Balaban J connectivity index is -0.000000653. The van der Waals surface area contributed by atoms with Gasteiger partial charge < -0.3 is 0 Å². The van der Waals surface area contributed by atoms with Crippen molar-refractivity contribution in [1.29, 1.82) is 0 Å². The largest absolute Gasteiger partial charge is 0.269 e. The van der Waals surface area contributed by atoms with Crippen molar-refractivity contribution in [3.8, 4) is 0 Å². The predicted molar refractivity (Wildman–Crippen MR) is 81.7 cm³/mol. The molecule has 17 heavy (non-hydrogen) atoms. The molecule has 0 aromatic carbocycles. The Labute approximate surface area is 140 Å². The van der Waals surface area contributed by atoms with Crippen LogP contribution in [0.25, 0.3) is 0 Å². The molecule has 0 saturated carbocycles. The van der Waals surface area contributed by atoms with Gasteiger partial charge in [-0.05, 0) is 0 Å². The summed E-state index contributed by atoms with van der Waals surface area (Å²) in [6.45, 7) is 16.3. The van der Waals surface area contributed by atoms with E-state index < -0.39 is 8.80 Å². The second-order valence-corrected chi connectivity index (χ2v) is 8.95. The molecule has 0 aromatic rings. The summed E-state index contributed by atoms with van der Waals surface area (Å²) in [6.07, 6.45) is 3.66. The zero-order chi connectivity index (χ0) is 11.1. The second kappa shape index (κ2) is 8.35. The summed E-state index contributed by atoms with van der Waals surface area (Å²) >= 11 is 0. The molecule has 0 heterocycles. The molecule has 0 N–H and O–H groups in total.